The molecule has 0 unspecified atom stereocenters. The lowest BCUT2D eigenvalue weighted by atomic mass is 10.2. The molecular weight excluding hydrogens is 337 g/mol. The minimum atomic E-state index is 0.332. The van der Waals surface area contributed by atoms with Gasteiger partial charge in [0, 0.05) is 10.6 Å². The van der Waals surface area contributed by atoms with Gasteiger partial charge in [0.25, 0.3) is 0 Å². The molecule has 2 heterocycles. The average molecular weight is 346 g/mol. The van der Waals surface area contributed by atoms with Crippen molar-refractivity contribution in [3.8, 4) is 11.4 Å². The van der Waals surface area contributed by atoms with Gasteiger partial charge < -0.3 is 4.52 Å². The van der Waals surface area contributed by atoms with Gasteiger partial charge in [-0.15, -0.1) is 5.10 Å². The molecule has 0 aliphatic heterocycles. The number of benzene rings is 2. The largest absolute Gasteiger partial charge is 0.337 e. The van der Waals surface area contributed by atoms with Gasteiger partial charge in [0.15, 0.2) is 0 Å². The fourth-order valence-corrected chi connectivity index (χ4v) is 2.75. The third-order valence-electron chi connectivity index (χ3n) is 3.35. The van der Waals surface area contributed by atoms with Gasteiger partial charge in [-0.05, 0) is 30.3 Å². The number of nitrogens with zero attached hydrogens (tertiary/aromatic N) is 5. The maximum atomic E-state index is 6.16. The molecule has 114 valence electrons. The van der Waals surface area contributed by atoms with Crippen LogP contribution in [0.15, 0.2) is 47.0 Å². The van der Waals surface area contributed by atoms with Crippen molar-refractivity contribution in [3.63, 3.8) is 0 Å². The summed E-state index contributed by atoms with van der Waals surface area (Å²) in [5.74, 6) is 0.827. The summed E-state index contributed by atoms with van der Waals surface area (Å²) in [6.45, 7) is 0.332. The van der Waals surface area contributed by atoms with Crippen molar-refractivity contribution in [1.82, 2.24) is 25.1 Å². The Morgan fingerprint density at radius 1 is 1.09 bits per heavy atom. The second-order valence-corrected chi connectivity index (χ2v) is 5.72. The van der Waals surface area contributed by atoms with Crippen molar-refractivity contribution >= 4 is 34.2 Å². The third kappa shape index (κ3) is 2.67. The zero-order chi connectivity index (χ0) is 15.8. The summed E-state index contributed by atoms with van der Waals surface area (Å²) in [5, 5.41) is 13.2. The Hall–Kier alpha value is -2.44. The maximum absolute atomic E-state index is 6.16. The molecule has 4 rings (SSSR count). The zero-order valence-corrected chi connectivity index (χ0v) is 13.2. The summed E-state index contributed by atoms with van der Waals surface area (Å²) in [6.07, 6.45) is 0. The predicted octanol–water partition coefficient (Wildman–Crippen LogP) is 3.84. The van der Waals surface area contributed by atoms with Gasteiger partial charge in [-0.25, -0.2) is 4.68 Å². The van der Waals surface area contributed by atoms with Crippen LogP contribution in [0.4, 0.5) is 0 Å². The summed E-state index contributed by atoms with van der Waals surface area (Å²) in [4.78, 5) is 4.36. The number of rotatable bonds is 3. The topological polar surface area (TPSA) is 69.6 Å². The number of halogens is 2. The second-order valence-electron chi connectivity index (χ2n) is 4.87. The molecule has 0 radical (unpaired) electrons. The molecule has 2 aromatic heterocycles. The maximum Gasteiger partial charge on any atom is 0.248 e. The van der Waals surface area contributed by atoms with Crippen LogP contribution >= 0.6 is 23.2 Å². The Labute approximate surface area is 140 Å². The lowest BCUT2D eigenvalue weighted by Crippen LogP contribution is -2.02. The Morgan fingerprint density at radius 3 is 2.83 bits per heavy atom. The molecule has 8 heteroatoms. The van der Waals surface area contributed by atoms with E-state index in [2.05, 4.69) is 20.5 Å². The third-order valence-corrected chi connectivity index (χ3v) is 3.89. The molecule has 4 aromatic rings. The standard InChI is InChI=1S/C15H9Cl2N5O/c16-9-5-6-10(11(17)7-9)15-18-14(23-20-15)8-22-13-4-2-1-3-12(13)19-21-22/h1-7H,8H2. The summed E-state index contributed by atoms with van der Waals surface area (Å²) in [7, 11) is 0. The number of hydrogen-bond donors (Lipinski definition) is 0. The van der Waals surface area contributed by atoms with Crippen LogP contribution in [0, 0.1) is 0 Å². The normalized spacial score (nSPS) is 11.2. The monoisotopic (exact) mass is 345 g/mol. The number of hydrogen-bond acceptors (Lipinski definition) is 5. The Kier molecular flexibility index (Phi) is 3.48. The molecule has 2 aromatic carbocycles. The van der Waals surface area contributed by atoms with Crippen molar-refractivity contribution in [2.75, 3.05) is 0 Å². The van der Waals surface area contributed by atoms with Gasteiger partial charge in [0.05, 0.1) is 10.5 Å². The van der Waals surface area contributed by atoms with Crippen LogP contribution in [0.2, 0.25) is 10.0 Å². The minimum absolute atomic E-state index is 0.332. The molecule has 6 nitrogen and oxygen atoms in total. The van der Waals surface area contributed by atoms with Gasteiger partial charge in [0.2, 0.25) is 11.7 Å². The average Bonchev–Trinajstić information content (AvgIpc) is 3.16. The van der Waals surface area contributed by atoms with Crippen LogP contribution in [0.5, 0.6) is 0 Å². The highest BCUT2D eigenvalue weighted by Crippen LogP contribution is 2.28. The predicted molar refractivity (Wildman–Crippen MR) is 86.4 cm³/mol. The fourth-order valence-electron chi connectivity index (χ4n) is 2.26. The summed E-state index contributed by atoms with van der Waals surface area (Å²) in [6, 6.07) is 12.8. The van der Waals surface area contributed by atoms with E-state index in [0.717, 1.165) is 11.0 Å². The molecule has 0 bridgehead atoms. The SMILES string of the molecule is Clc1ccc(-c2noc(Cn3nnc4ccccc43)n2)c(Cl)c1. The first-order chi connectivity index (χ1) is 11.2. The van der Waals surface area contributed by atoms with E-state index in [-0.39, 0.29) is 0 Å². The zero-order valence-electron chi connectivity index (χ0n) is 11.6. The van der Waals surface area contributed by atoms with Crippen molar-refractivity contribution in [2.45, 2.75) is 6.54 Å². The fraction of sp³-hybridized carbons (Fsp3) is 0.0667. The van der Waals surface area contributed by atoms with Crippen LogP contribution in [0.1, 0.15) is 5.89 Å². The first-order valence-corrected chi connectivity index (χ1v) is 7.52. The molecule has 0 saturated heterocycles. The first kappa shape index (κ1) is 14.2. The van der Waals surface area contributed by atoms with Gasteiger partial charge in [-0.3, -0.25) is 0 Å². The van der Waals surface area contributed by atoms with Crippen LogP contribution in [-0.4, -0.2) is 25.1 Å². The van der Waals surface area contributed by atoms with E-state index in [0.29, 0.717) is 33.9 Å². The van der Waals surface area contributed by atoms with E-state index in [4.69, 9.17) is 27.7 Å². The smallest absolute Gasteiger partial charge is 0.248 e. The Bertz CT molecular complexity index is 994. The van der Waals surface area contributed by atoms with E-state index < -0.39 is 0 Å². The van der Waals surface area contributed by atoms with Gasteiger partial charge >= 0.3 is 0 Å². The second kappa shape index (κ2) is 5.64. The first-order valence-electron chi connectivity index (χ1n) is 6.77. The minimum Gasteiger partial charge on any atom is -0.337 e. The molecule has 0 aliphatic carbocycles. The van der Waals surface area contributed by atoms with E-state index in [1.54, 1.807) is 22.9 Å². The van der Waals surface area contributed by atoms with E-state index in [1.807, 2.05) is 24.3 Å². The number of aromatic nitrogens is 5. The molecule has 0 amide bonds. The van der Waals surface area contributed by atoms with Crippen LogP contribution in [0.3, 0.4) is 0 Å². The molecular formula is C15H9Cl2N5O. The van der Waals surface area contributed by atoms with Crippen molar-refractivity contribution in [2.24, 2.45) is 0 Å². The number of para-hydroxylation sites is 1. The summed E-state index contributed by atoms with van der Waals surface area (Å²) >= 11 is 12.1. The van der Waals surface area contributed by atoms with Crippen LogP contribution in [-0.2, 0) is 6.54 Å². The van der Waals surface area contributed by atoms with Crippen molar-refractivity contribution in [3.05, 3.63) is 58.4 Å². The van der Waals surface area contributed by atoms with Gasteiger partial charge in [0.1, 0.15) is 12.1 Å². The van der Waals surface area contributed by atoms with Crippen LogP contribution < -0.4 is 0 Å². The quantitative estimate of drug-likeness (QED) is 0.564. The lowest BCUT2D eigenvalue weighted by molar-refractivity contribution is 0.366. The van der Waals surface area contributed by atoms with Gasteiger partial charge in [-0.2, -0.15) is 4.98 Å². The molecule has 0 atom stereocenters. The van der Waals surface area contributed by atoms with E-state index in [1.165, 1.54) is 0 Å². The van der Waals surface area contributed by atoms with Gasteiger partial charge in [-0.1, -0.05) is 45.7 Å². The molecule has 0 fully saturated rings. The van der Waals surface area contributed by atoms with E-state index in [9.17, 15) is 0 Å². The highest BCUT2D eigenvalue weighted by molar-refractivity contribution is 6.36. The Balaban J connectivity index is 1.65. The highest BCUT2D eigenvalue weighted by Gasteiger charge is 2.14. The molecule has 23 heavy (non-hydrogen) atoms. The summed E-state index contributed by atoms with van der Waals surface area (Å²) in [5.41, 5.74) is 2.37. The molecule has 0 spiro atoms. The Morgan fingerprint density at radius 2 is 1.96 bits per heavy atom. The highest BCUT2D eigenvalue weighted by atomic mass is 35.5. The van der Waals surface area contributed by atoms with E-state index >= 15 is 0 Å². The van der Waals surface area contributed by atoms with Crippen molar-refractivity contribution < 1.29 is 4.52 Å². The lowest BCUT2D eigenvalue weighted by Gasteiger charge is -1.98. The van der Waals surface area contributed by atoms with Crippen LogP contribution in [0.25, 0.3) is 22.4 Å². The van der Waals surface area contributed by atoms with Crippen molar-refractivity contribution in [1.29, 1.82) is 0 Å². The summed E-state index contributed by atoms with van der Waals surface area (Å²) < 4.78 is 6.99. The molecule has 0 saturated carbocycles. The number of fused-ring (bicyclic) bond motifs is 1. The molecule has 0 aliphatic rings. The molecule has 0 N–H and O–H groups in total.